The molecular formula is C23H25N7O5. The first kappa shape index (κ1) is 23.7. The van der Waals surface area contributed by atoms with Crippen molar-refractivity contribution in [1.29, 1.82) is 0 Å². The fraction of sp³-hybridized carbons (Fsp3) is 0.304. The number of unbranched alkanes of at least 4 members (excludes halogenated alkanes) is 1. The summed E-state index contributed by atoms with van der Waals surface area (Å²) in [5, 5.41) is 25.3. The summed E-state index contributed by atoms with van der Waals surface area (Å²) in [6, 6.07) is 9.17. The molecule has 0 radical (unpaired) electrons. The number of nitrogens with one attached hydrogen (secondary N) is 2. The van der Waals surface area contributed by atoms with Gasteiger partial charge in [-0.15, -0.1) is 10.2 Å². The van der Waals surface area contributed by atoms with E-state index >= 15 is 0 Å². The van der Waals surface area contributed by atoms with E-state index in [2.05, 4.69) is 20.8 Å². The van der Waals surface area contributed by atoms with E-state index in [1.165, 1.54) is 24.3 Å². The largest absolute Gasteiger partial charge is 0.493 e. The molecule has 0 unspecified atom stereocenters. The summed E-state index contributed by atoms with van der Waals surface area (Å²) < 4.78 is 12.7. The summed E-state index contributed by atoms with van der Waals surface area (Å²) in [6.07, 6.45) is 1.50. The van der Waals surface area contributed by atoms with E-state index in [0.717, 1.165) is 24.2 Å². The molecule has 12 heteroatoms. The number of aryl methyl sites for hydroxylation is 1. The molecule has 0 saturated carbocycles. The second-order valence-corrected chi connectivity index (χ2v) is 7.76. The lowest BCUT2D eigenvalue weighted by Crippen LogP contribution is -2.24. The number of rotatable bonds is 10. The number of carbonyl (C=O) groups is 1. The standard InChI is InChI=1S/C23H25N7O5/c1-14-27-28-22-21(26-17-12-19(34-2)20(35-3)13-18(17)29(14)22)24-10-4-5-11-25-23(31)15-6-8-16(9-7-15)30(32)33/h6-9,12-13H,4-5,10-11H2,1-3H3,(H,24,26)(H,25,31). The van der Waals surface area contributed by atoms with Crippen molar-refractivity contribution in [3.8, 4) is 11.5 Å². The summed E-state index contributed by atoms with van der Waals surface area (Å²) in [4.78, 5) is 27.2. The first-order valence-electron chi connectivity index (χ1n) is 11.0. The highest BCUT2D eigenvalue weighted by molar-refractivity contribution is 5.94. The molecule has 12 nitrogen and oxygen atoms in total. The number of hydrogen-bond acceptors (Lipinski definition) is 9. The lowest BCUT2D eigenvalue weighted by Gasteiger charge is -2.13. The zero-order valence-electron chi connectivity index (χ0n) is 19.6. The van der Waals surface area contributed by atoms with Gasteiger partial charge in [0.1, 0.15) is 5.82 Å². The third-order valence-corrected chi connectivity index (χ3v) is 5.51. The van der Waals surface area contributed by atoms with Crippen LogP contribution in [0.2, 0.25) is 0 Å². The number of hydrogen-bond donors (Lipinski definition) is 2. The normalized spacial score (nSPS) is 10.9. The van der Waals surface area contributed by atoms with Gasteiger partial charge in [-0.1, -0.05) is 0 Å². The summed E-state index contributed by atoms with van der Waals surface area (Å²) in [5.41, 5.74) is 2.44. The fourth-order valence-corrected chi connectivity index (χ4v) is 3.71. The molecule has 2 aromatic heterocycles. The highest BCUT2D eigenvalue weighted by Crippen LogP contribution is 2.33. The maximum Gasteiger partial charge on any atom is 0.269 e. The second-order valence-electron chi connectivity index (χ2n) is 7.76. The van der Waals surface area contributed by atoms with Gasteiger partial charge in [-0.3, -0.25) is 19.3 Å². The number of carbonyl (C=O) groups excluding carboxylic acids is 1. The highest BCUT2D eigenvalue weighted by atomic mass is 16.6. The Bertz CT molecular complexity index is 1390. The van der Waals surface area contributed by atoms with Crippen LogP contribution in [-0.2, 0) is 0 Å². The molecule has 4 aromatic rings. The molecule has 0 aliphatic rings. The minimum atomic E-state index is -0.499. The van der Waals surface area contributed by atoms with E-state index < -0.39 is 4.92 Å². The molecule has 2 N–H and O–H groups in total. The van der Waals surface area contributed by atoms with Crippen LogP contribution >= 0.6 is 0 Å². The third-order valence-electron chi connectivity index (χ3n) is 5.51. The molecule has 0 fully saturated rings. The van der Waals surface area contributed by atoms with Crippen molar-refractivity contribution in [1.82, 2.24) is 24.9 Å². The summed E-state index contributed by atoms with van der Waals surface area (Å²) in [6.45, 7) is 2.95. The monoisotopic (exact) mass is 479 g/mol. The number of aromatic nitrogens is 4. The Morgan fingerprint density at radius 2 is 1.74 bits per heavy atom. The van der Waals surface area contributed by atoms with Gasteiger partial charge < -0.3 is 20.1 Å². The topological polar surface area (TPSA) is 146 Å². The van der Waals surface area contributed by atoms with Crippen LogP contribution < -0.4 is 20.1 Å². The number of fused-ring (bicyclic) bond motifs is 3. The molecular weight excluding hydrogens is 454 g/mol. The first-order chi connectivity index (χ1) is 16.9. The van der Waals surface area contributed by atoms with Crippen LogP contribution in [0.1, 0.15) is 29.0 Å². The zero-order chi connectivity index (χ0) is 24.9. The fourth-order valence-electron chi connectivity index (χ4n) is 3.71. The number of benzene rings is 2. The number of nitro benzene ring substituents is 1. The van der Waals surface area contributed by atoms with Crippen molar-refractivity contribution in [2.24, 2.45) is 0 Å². The van der Waals surface area contributed by atoms with Crippen molar-refractivity contribution in [3.63, 3.8) is 0 Å². The van der Waals surface area contributed by atoms with E-state index in [9.17, 15) is 14.9 Å². The van der Waals surface area contributed by atoms with Gasteiger partial charge in [0.15, 0.2) is 17.3 Å². The average molecular weight is 479 g/mol. The Morgan fingerprint density at radius 3 is 2.43 bits per heavy atom. The van der Waals surface area contributed by atoms with Crippen molar-refractivity contribution in [3.05, 3.63) is 57.9 Å². The summed E-state index contributed by atoms with van der Waals surface area (Å²) in [7, 11) is 3.16. The predicted octanol–water partition coefficient (Wildman–Crippen LogP) is 3.13. The number of non-ortho nitro benzene ring substituents is 1. The number of nitrogens with zero attached hydrogens (tertiary/aromatic N) is 5. The molecule has 182 valence electrons. The molecule has 0 spiro atoms. The quantitative estimate of drug-likeness (QED) is 0.199. The molecule has 4 rings (SSSR count). The molecule has 1 amide bonds. The Balaban J connectivity index is 1.37. The molecule has 0 aliphatic heterocycles. The molecule has 0 bridgehead atoms. The maximum absolute atomic E-state index is 12.2. The van der Waals surface area contributed by atoms with Crippen LogP contribution in [0.25, 0.3) is 16.7 Å². The molecule has 2 aromatic carbocycles. The Labute approximate surface area is 200 Å². The average Bonchev–Trinajstić information content (AvgIpc) is 3.26. The van der Waals surface area contributed by atoms with Gasteiger partial charge in [0, 0.05) is 42.9 Å². The Kier molecular flexibility index (Phi) is 6.90. The number of nitro groups is 1. The number of anilines is 1. The van der Waals surface area contributed by atoms with E-state index in [4.69, 9.17) is 14.5 Å². The van der Waals surface area contributed by atoms with Crippen molar-refractivity contribution in [2.45, 2.75) is 19.8 Å². The van der Waals surface area contributed by atoms with Crippen LogP contribution in [0.15, 0.2) is 36.4 Å². The van der Waals surface area contributed by atoms with Gasteiger partial charge in [-0.25, -0.2) is 4.98 Å². The van der Waals surface area contributed by atoms with Crippen molar-refractivity contribution in [2.75, 3.05) is 32.6 Å². The van der Waals surface area contributed by atoms with Crippen LogP contribution in [0.3, 0.4) is 0 Å². The lowest BCUT2D eigenvalue weighted by atomic mass is 10.2. The zero-order valence-corrected chi connectivity index (χ0v) is 19.6. The number of amides is 1. The minimum absolute atomic E-state index is 0.0514. The molecule has 0 aliphatic carbocycles. The van der Waals surface area contributed by atoms with E-state index in [-0.39, 0.29) is 11.6 Å². The Morgan fingerprint density at radius 1 is 1.06 bits per heavy atom. The van der Waals surface area contributed by atoms with Crippen LogP contribution in [-0.4, -0.2) is 57.7 Å². The summed E-state index contributed by atoms with van der Waals surface area (Å²) >= 11 is 0. The minimum Gasteiger partial charge on any atom is -0.493 e. The second kappa shape index (κ2) is 10.2. The van der Waals surface area contributed by atoms with Crippen molar-refractivity contribution >= 4 is 34.1 Å². The van der Waals surface area contributed by atoms with Crippen LogP contribution in [0.4, 0.5) is 11.5 Å². The van der Waals surface area contributed by atoms with Gasteiger partial charge in [0.25, 0.3) is 11.6 Å². The van der Waals surface area contributed by atoms with Gasteiger partial charge in [-0.2, -0.15) is 0 Å². The highest BCUT2D eigenvalue weighted by Gasteiger charge is 2.16. The predicted molar refractivity (Wildman–Crippen MR) is 129 cm³/mol. The molecule has 2 heterocycles. The molecule has 0 atom stereocenters. The first-order valence-corrected chi connectivity index (χ1v) is 11.0. The maximum atomic E-state index is 12.2. The van der Waals surface area contributed by atoms with Gasteiger partial charge in [0.05, 0.1) is 30.2 Å². The summed E-state index contributed by atoms with van der Waals surface area (Å²) in [5.74, 6) is 2.21. The van der Waals surface area contributed by atoms with Gasteiger partial charge >= 0.3 is 0 Å². The van der Waals surface area contributed by atoms with Gasteiger partial charge in [-0.05, 0) is 31.9 Å². The number of ether oxygens (including phenoxy) is 2. The van der Waals surface area contributed by atoms with E-state index in [0.29, 0.717) is 47.1 Å². The van der Waals surface area contributed by atoms with Crippen molar-refractivity contribution < 1.29 is 19.2 Å². The van der Waals surface area contributed by atoms with Crippen LogP contribution in [0.5, 0.6) is 11.5 Å². The van der Waals surface area contributed by atoms with Crippen LogP contribution in [0, 0.1) is 17.0 Å². The molecule has 0 saturated heterocycles. The third kappa shape index (κ3) is 4.90. The molecule has 35 heavy (non-hydrogen) atoms. The lowest BCUT2D eigenvalue weighted by molar-refractivity contribution is -0.384. The number of methoxy groups -OCH3 is 2. The Hall–Kier alpha value is -4.48. The van der Waals surface area contributed by atoms with E-state index in [1.807, 2.05) is 23.5 Å². The SMILES string of the molecule is COc1cc2nc(NCCCCNC(=O)c3ccc([N+](=O)[O-])cc3)c3nnc(C)n3c2cc1OC. The smallest absolute Gasteiger partial charge is 0.269 e. The van der Waals surface area contributed by atoms with Gasteiger partial charge in [0.2, 0.25) is 5.65 Å². The van der Waals surface area contributed by atoms with E-state index in [1.54, 1.807) is 14.2 Å².